The largest absolute Gasteiger partial charge is 0.240 e. The SMILES string of the molecule is Cc1ccc(S(=O)(=O)NCCCCC#Cc2ccccc2)cc1. The molecule has 2 aromatic rings. The zero-order valence-electron chi connectivity index (χ0n) is 13.2. The van der Waals surface area contributed by atoms with E-state index in [9.17, 15) is 8.42 Å². The van der Waals surface area contributed by atoms with Crippen LogP contribution in [0.4, 0.5) is 0 Å². The minimum absolute atomic E-state index is 0.312. The average Bonchev–Trinajstić information content (AvgIpc) is 2.55. The van der Waals surface area contributed by atoms with E-state index in [1.54, 1.807) is 24.3 Å². The Balaban J connectivity index is 1.71. The zero-order valence-corrected chi connectivity index (χ0v) is 14.1. The van der Waals surface area contributed by atoms with Gasteiger partial charge in [0.2, 0.25) is 10.0 Å². The Morgan fingerprint density at radius 2 is 1.65 bits per heavy atom. The first-order valence-corrected chi connectivity index (χ1v) is 9.16. The maximum Gasteiger partial charge on any atom is 0.240 e. The van der Waals surface area contributed by atoms with Crippen LogP contribution in [-0.2, 0) is 10.0 Å². The minimum Gasteiger partial charge on any atom is -0.211 e. The van der Waals surface area contributed by atoms with E-state index in [4.69, 9.17) is 0 Å². The van der Waals surface area contributed by atoms with Gasteiger partial charge in [-0.15, -0.1) is 0 Å². The summed E-state index contributed by atoms with van der Waals surface area (Å²) < 4.78 is 26.8. The van der Waals surface area contributed by atoms with Gasteiger partial charge in [0.25, 0.3) is 0 Å². The van der Waals surface area contributed by atoms with Crippen molar-refractivity contribution >= 4 is 10.0 Å². The molecule has 0 heterocycles. The van der Waals surface area contributed by atoms with Gasteiger partial charge in [-0.25, -0.2) is 13.1 Å². The summed E-state index contributed by atoms with van der Waals surface area (Å²) in [6.07, 6.45) is 2.41. The molecule has 2 aromatic carbocycles. The van der Waals surface area contributed by atoms with Crippen LogP contribution in [0.25, 0.3) is 0 Å². The minimum atomic E-state index is -3.40. The van der Waals surface area contributed by atoms with Gasteiger partial charge in [-0.1, -0.05) is 47.7 Å². The number of benzene rings is 2. The Bertz CT molecular complexity index is 770. The van der Waals surface area contributed by atoms with Gasteiger partial charge in [-0.3, -0.25) is 0 Å². The van der Waals surface area contributed by atoms with Crippen LogP contribution in [0.5, 0.6) is 0 Å². The smallest absolute Gasteiger partial charge is 0.211 e. The second-order valence-corrected chi connectivity index (χ2v) is 7.10. The molecule has 0 aliphatic rings. The molecule has 0 saturated carbocycles. The van der Waals surface area contributed by atoms with Crippen molar-refractivity contribution in [1.29, 1.82) is 0 Å². The van der Waals surface area contributed by atoms with Gasteiger partial charge < -0.3 is 0 Å². The maximum atomic E-state index is 12.1. The summed E-state index contributed by atoms with van der Waals surface area (Å²) >= 11 is 0. The Morgan fingerprint density at radius 1 is 0.957 bits per heavy atom. The molecule has 2 rings (SSSR count). The van der Waals surface area contributed by atoms with Crippen molar-refractivity contribution in [1.82, 2.24) is 4.72 Å². The van der Waals surface area contributed by atoms with E-state index in [0.717, 1.165) is 30.4 Å². The van der Waals surface area contributed by atoms with E-state index in [-0.39, 0.29) is 0 Å². The topological polar surface area (TPSA) is 46.2 Å². The number of sulfonamides is 1. The Morgan fingerprint density at radius 3 is 2.35 bits per heavy atom. The molecule has 23 heavy (non-hydrogen) atoms. The molecule has 0 bridgehead atoms. The molecule has 3 nitrogen and oxygen atoms in total. The lowest BCUT2D eigenvalue weighted by Crippen LogP contribution is -2.24. The van der Waals surface area contributed by atoms with Crippen molar-refractivity contribution in [2.45, 2.75) is 31.1 Å². The first kappa shape index (κ1) is 17.3. The summed E-state index contributed by atoms with van der Waals surface area (Å²) in [4.78, 5) is 0.312. The van der Waals surface area contributed by atoms with E-state index < -0.39 is 10.0 Å². The first-order valence-electron chi connectivity index (χ1n) is 7.68. The fraction of sp³-hybridized carbons (Fsp3) is 0.263. The Kier molecular flexibility index (Phi) is 6.40. The third-order valence-corrected chi connectivity index (χ3v) is 4.84. The normalized spacial score (nSPS) is 10.8. The number of rotatable bonds is 6. The van der Waals surface area contributed by atoms with Crippen molar-refractivity contribution in [3.8, 4) is 11.8 Å². The van der Waals surface area contributed by atoms with Gasteiger partial charge in [0.15, 0.2) is 0 Å². The second-order valence-electron chi connectivity index (χ2n) is 5.34. The molecule has 120 valence electrons. The van der Waals surface area contributed by atoms with Gasteiger partial charge in [-0.2, -0.15) is 0 Å². The van der Waals surface area contributed by atoms with Crippen molar-refractivity contribution in [2.24, 2.45) is 0 Å². The summed E-state index contributed by atoms with van der Waals surface area (Å²) in [5.41, 5.74) is 2.05. The molecule has 0 fully saturated rings. The number of unbranched alkanes of at least 4 members (excludes halogenated alkanes) is 2. The fourth-order valence-electron chi connectivity index (χ4n) is 2.03. The number of hydrogen-bond acceptors (Lipinski definition) is 2. The molecular formula is C19H21NO2S. The fourth-order valence-corrected chi connectivity index (χ4v) is 3.11. The van der Waals surface area contributed by atoms with Crippen LogP contribution in [0.15, 0.2) is 59.5 Å². The van der Waals surface area contributed by atoms with E-state index in [2.05, 4.69) is 16.6 Å². The Hall–Kier alpha value is -2.09. The molecular weight excluding hydrogens is 306 g/mol. The molecule has 0 atom stereocenters. The number of hydrogen-bond donors (Lipinski definition) is 1. The summed E-state index contributed by atoms with van der Waals surface area (Å²) in [5.74, 6) is 6.20. The molecule has 0 aromatic heterocycles. The standard InChI is InChI=1S/C19H21NO2S/c1-17-12-14-19(15-13-17)23(21,22)20-16-8-3-2-5-9-18-10-6-4-7-11-18/h4,6-7,10-15,20H,2-3,8,16H2,1H3. The highest BCUT2D eigenvalue weighted by Crippen LogP contribution is 2.09. The highest BCUT2D eigenvalue weighted by molar-refractivity contribution is 7.89. The number of nitrogens with one attached hydrogen (secondary N) is 1. The second kappa shape index (κ2) is 8.52. The highest BCUT2D eigenvalue weighted by atomic mass is 32.2. The first-order chi connectivity index (χ1) is 11.1. The average molecular weight is 327 g/mol. The molecule has 0 spiro atoms. The molecule has 0 saturated heterocycles. The van der Waals surface area contributed by atoms with Crippen molar-refractivity contribution in [3.63, 3.8) is 0 Å². The lowest BCUT2D eigenvalue weighted by molar-refractivity contribution is 0.577. The highest BCUT2D eigenvalue weighted by Gasteiger charge is 2.12. The Labute approximate surface area is 138 Å². The molecule has 0 aliphatic carbocycles. The molecule has 0 unspecified atom stereocenters. The van der Waals surface area contributed by atoms with Gasteiger partial charge in [0.1, 0.15) is 0 Å². The van der Waals surface area contributed by atoms with Crippen molar-refractivity contribution in [3.05, 3.63) is 65.7 Å². The van der Waals surface area contributed by atoms with Crippen LogP contribution in [-0.4, -0.2) is 15.0 Å². The molecule has 4 heteroatoms. The quantitative estimate of drug-likeness (QED) is 0.652. The van der Waals surface area contributed by atoms with Gasteiger partial charge in [0, 0.05) is 18.5 Å². The molecule has 0 amide bonds. The van der Waals surface area contributed by atoms with Crippen LogP contribution in [0.2, 0.25) is 0 Å². The maximum absolute atomic E-state index is 12.1. The van der Waals surface area contributed by atoms with Gasteiger partial charge in [-0.05, 0) is 44.0 Å². The van der Waals surface area contributed by atoms with E-state index in [1.807, 2.05) is 37.3 Å². The predicted octanol–water partition coefficient (Wildman–Crippen LogP) is 3.50. The van der Waals surface area contributed by atoms with Crippen LogP contribution < -0.4 is 4.72 Å². The van der Waals surface area contributed by atoms with E-state index in [0.29, 0.717) is 11.4 Å². The summed E-state index contributed by atoms with van der Waals surface area (Å²) in [6.45, 7) is 2.36. The molecule has 0 aliphatic heterocycles. The lowest BCUT2D eigenvalue weighted by Gasteiger charge is -2.06. The van der Waals surface area contributed by atoms with Gasteiger partial charge in [0.05, 0.1) is 4.90 Å². The van der Waals surface area contributed by atoms with Crippen LogP contribution in [0.1, 0.15) is 30.4 Å². The van der Waals surface area contributed by atoms with Crippen LogP contribution in [0.3, 0.4) is 0 Å². The third-order valence-electron chi connectivity index (χ3n) is 3.36. The van der Waals surface area contributed by atoms with Gasteiger partial charge >= 0.3 is 0 Å². The lowest BCUT2D eigenvalue weighted by atomic mass is 10.2. The summed E-state index contributed by atoms with van der Waals surface area (Å²) in [6, 6.07) is 16.7. The van der Waals surface area contributed by atoms with E-state index >= 15 is 0 Å². The monoisotopic (exact) mass is 327 g/mol. The van der Waals surface area contributed by atoms with Crippen molar-refractivity contribution in [2.75, 3.05) is 6.54 Å². The van der Waals surface area contributed by atoms with E-state index in [1.165, 1.54) is 0 Å². The summed E-state index contributed by atoms with van der Waals surface area (Å²) in [5, 5.41) is 0. The van der Waals surface area contributed by atoms with Crippen LogP contribution in [0, 0.1) is 18.8 Å². The van der Waals surface area contributed by atoms with Crippen molar-refractivity contribution < 1.29 is 8.42 Å². The third kappa shape index (κ3) is 5.90. The number of aryl methyl sites for hydroxylation is 1. The summed E-state index contributed by atoms with van der Waals surface area (Å²) in [7, 11) is -3.40. The zero-order chi connectivity index (χ0) is 16.5. The van der Waals surface area contributed by atoms with Crippen LogP contribution >= 0.6 is 0 Å². The predicted molar refractivity (Wildman–Crippen MR) is 93.5 cm³/mol. The molecule has 0 radical (unpaired) electrons. The molecule has 1 N–H and O–H groups in total.